The number of carboxylic acids is 1. The smallest absolute Gasteiger partial charge is 0.430 e. The maximum absolute atomic E-state index is 13.8. The summed E-state index contributed by atoms with van der Waals surface area (Å²) in [6.07, 6.45) is -3.70. The molecule has 1 amide bonds. The van der Waals surface area contributed by atoms with Crippen LogP contribution < -0.4 is 26.7 Å². The Morgan fingerprint density at radius 2 is 1.81 bits per heavy atom. The molecule has 0 spiro atoms. The molecule has 1 aromatic heterocycles. The van der Waals surface area contributed by atoms with Crippen molar-refractivity contribution in [3.05, 3.63) is 89.7 Å². The number of hydrogen-bond donors (Lipinski definition) is 4. The molecule has 1 aliphatic heterocycles. The van der Waals surface area contributed by atoms with Crippen LogP contribution in [0.15, 0.2) is 83.1 Å². The minimum absolute atomic E-state index is 0.00803. The van der Waals surface area contributed by atoms with E-state index in [2.05, 4.69) is 26.0 Å². The second-order valence-corrected chi connectivity index (χ2v) is 11.7. The molecule has 0 saturated heterocycles. The number of benzene rings is 3. The predicted molar refractivity (Wildman–Crippen MR) is 157 cm³/mol. The Morgan fingerprint density at radius 3 is 2.40 bits per heavy atom. The molecular formula is C28H26F3N9O6S. The number of amides is 1. The topological polar surface area (TPSA) is 246 Å². The zero-order valence-electron chi connectivity index (χ0n) is 24.3. The van der Waals surface area contributed by atoms with Crippen LogP contribution in [0, 0.1) is 6.92 Å². The van der Waals surface area contributed by atoms with E-state index in [0.717, 1.165) is 0 Å². The third-order valence-corrected chi connectivity index (χ3v) is 7.72. The quantitative estimate of drug-likeness (QED) is 0.135. The van der Waals surface area contributed by atoms with Gasteiger partial charge in [0.25, 0.3) is 11.7 Å². The number of carboxylic acid groups (broad SMARTS) is 1. The fourth-order valence-electron chi connectivity index (χ4n) is 4.46. The highest BCUT2D eigenvalue weighted by atomic mass is 32.2. The second kappa shape index (κ2) is 13.3. The molecular weight excluding hydrogens is 647 g/mol. The number of aliphatic carboxylic acids is 1. The number of anilines is 1. The van der Waals surface area contributed by atoms with Crippen LogP contribution in [0.4, 0.5) is 18.9 Å². The number of carbonyl (C=O) groups is 2. The van der Waals surface area contributed by atoms with E-state index in [9.17, 15) is 26.4 Å². The highest BCUT2D eigenvalue weighted by Gasteiger charge is 2.48. The van der Waals surface area contributed by atoms with Gasteiger partial charge in [-0.05, 0) is 58.8 Å². The summed E-state index contributed by atoms with van der Waals surface area (Å²) in [5, 5.41) is 38.3. The molecule has 15 nitrogen and oxygen atoms in total. The van der Waals surface area contributed by atoms with E-state index in [1.54, 1.807) is 61.5 Å². The number of carbonyl (C=O) groups excluding carboxylic acids is 2. The summed E-state index contributed by atoms with van der Waals surface area (Å²) in [6.45, 7) is 1.78. The van der Waals surface area contributed by atoms with Gasteiger partial charge in [0.05, 0.1) is 22.7 Å². The Hall–Kier alpha value is -5.69. The molecule has 1 atom stereocenters. The van der Waals surface area contributed by atoms with Crippen LogP contribution >= 0.6 is 0 Å². The van der Waals surface area contributed by atoms with Crippen molar-refractivity contribution in [1.82, 2.24) is 20.2 Å². The van der Waals surface area contributed by atoms with E-state index >= 15 is 0 Å². The largest absolute Gasteiger partial charge is 0.542 e. The predicted octanol–water partition coefficient (Wildman–Crippen LogP) is -0.739. The number of rotatable bonds is 8. The normalized spacial score (nSPS) is 15.9. The number of nitrogens with two attached hydrogens (primary N) is 3. The lowest BCUT2D eigenvalue weighted by Crippen LogP contribution is -2.47. The number of tetrazole rings is 1. The lowest BCUT2D eigenvalue weighted by molar-refractivity contribution is -0.344. The molecule has 7 N–H and O–H groups in total. The first-order valence-electron chi connectivity index (χ1n) is 13.3. The van der Waals surface area contributed by atoms with Gasteiger partial charge in [0.1, 0.15) is 12.3 Å². The lowest BCUT2D eigenvalue weighted by Gasteiger charge is -2.25. The SMILES string of the molecule is Cc1cc(-c2ccccc2S(N)(=O)=O)ccc1NC(=O)C1(Cn2cnnn2)CC(c2cccc(C(N)=[NH2+])c2)=NO1.O=C([O-])C(F)(F)F. The number of nitrogens with one attached hydrogen (secondary N) is 1. The van der Waals surface area contributed by atoms with Crippen LogP contribution in [0.3, 0.4) is 0 Å². The summed E-state index contributed by atoms with van der Waals surface area (Å²) >= 11 is 0. The van der Waals surface area contributed by atoms with Crippen LogP contribution in [0.5, 0.6) is 0 Å². The number of primary sulfonamides is 1. The minimum atomic E-state index is -5.19. The lowest BCUT2D eigenvalue weighted by atomic mass is 9.92. The van der Waals surface area contributed by atoms with Crippen molar-refractivity contribution in [2.24, 2.45) is 16.0 Å². The van der Waals surface area contributed by atoms with Crippen LogP contribution in [-0.4, -0.2) is 63.8 Å². The molecule has 5 rings (SSSR count). The average Bonchev–Trinajstić information content (AvgIpc) is 3.69. The molecule has 4 aromatic rings. The summed E-state index contributed by atoms with van der Waals surface area (Å²) in [5.41, 5.74) is 8.41. The standard InChI is InChI=1S/C26H25N9O4S.C2HF3O2/c1-16-11-17(20-7-2-3-8-23(20)40(29,37)38)9-10-21(16)31-25(36)26(14-35-15-30-33-34-35)13-22(32-39-26)18-5-4-6-19(12-18)24(27)28;3-2(4,5)1(6)7/h2-12,15H,13-14H2,1H3,(H3,27,28)(H,31,36)(H2,29,37,38);(H,6,7). The van der Waals surface area contributed by atoms with Gasteiger partial charge >= 0.3 is 6.18 Å². The van der Waals surface area contributed by atoms with Crippen LogP contribution in [0.2, 0.25) is 0 Å². The number of oxime groups is 1. The number of aryl methyl sites for hydroxylation is 1. The van der Waals surface area contributed by atoms with Gasteiger partial charge in [-0.3, -0.25) is 15.9 Å². The van der Waals surface area contributed by atoms with E-state index in [1.807, 2.05) is 6.07 Å². The highest BCUT2D eigenvalue weighted by molar-refractivity contribution is 7.89. The van der Waals surface area contributed by atoms with E-state index < -0.39 is 33.7 Å². The van der Waals surface area contributed by atoms with E-state index in [1.165, 1.54) is 17.1 Å². The first-order valence-corrected chi connectivity index (χ1v) is 14.8. The third-order valence-electron chi connectivity index (χ3n) is 6.75. The summed E-state index contributed by atoms with van der Waals surface area (Å²) in [6, 6.07) is 18.8. The zero-order chi connectivity index (χ0) is 34.6. The maximum atomic E-state index is 13.8. The minimum Gasteiger partial charge on any atom is -0.542 e. The zero-order valence-corrected chi connectivity index (χ0v) is 25.1. The van der Waals surface area contributed by atoms with Gasteiger partial charge in [-0.2, -0.15) is 13.2 Å². The molecule has 0 bridgehead atoms. The van der Waals surface area contributed by atoms with E-state index in [-0.39, 0.29) is 23.7 Å². The van der Waals surface area contributed by atoms with Crippen molar-refractivity contribution in [3.8, 4) is 11.1 Å². The summed E-state index contributed by atoms with van der Waals surface area (Å²) in [4.78, 5) is 28.4. The number of amidine groups is 1. The molecule has 19 heteroatoms. The number of nitrogens with zero attached hydrogens (tertiary/aromatic N) is 5. The Kier molecular flexibility index (Phi) is 9.71. The molecule has 0 saturated carbocycles. The van der Waals surface area contributed by atoms with Gasteiger partial charge in [-0.1, -0.05) is 41.6 Å². The summed E-state index contributed by atoms with van der Waals surface area (Å²) in [7, 11) is -3.94. The average molecular weight is 674 g/mol. The highest BCUT2D eigenvalue weighted by Crippen LogP contribution is 2.33. The maximum Gasteiger partial charge on any atom is 0.430 e. The summed E-state index contributed by atoms with van der Waals surface area (Å²) in [5.74, 6) is -3.32. The monoisotopic (exact) mass is 673 g/mol. The van der Waals surface area contributed by atoms with Crippen molar-refractivity contribution < 1.29 is 46.5 Å². The van der Waals surface area contributed by atoms with E-state index in [0.29, 0.717) is 39.2 Å². The van der Waals surface area contributed by atoms with Crippen molar-refractivity contribution in [3.63, 3.8) is 0 Å². The van der Waals surface area contributed by atoms with Gasteiger partial charge in [0.2, 0.25) is 15.6 Å². The Balaban J connectivity index is 0.000000644. The van der Waals surface area contributed by atoms with Crippen molar-refractivity contribution in [1.29, 1.82) is 0 Å². The first-order chi connectivity index (χ1) is 22.0. The first kappa shape index (κ1) is 34.2. The fraction of sp³-hybridized carbons (Fsp3) is 0.179. The molecule has 0 aliphatic carbocycles. The third kappa shape index (κ3) is 8.13. The van der Waals surface area contributed by atoms with Crippen molar-refractivity contribution >= 4 is 39.1 Å². The summed E-state index contributed by atoms with van der Waals surface area (Å²) < 4.78 is 57.1. The van der Waals surface area contributed by atoms with Crippen molar-refractivity contribution in [2.75, 3.05) is 5.32 Å². The van der Waals surface area contributed by atoms with Gasteiger partial charge in [-0.15, -0.1) is 5.10 Å². The molecule has 0 radical (unpaired) electrons. The second-order valence-electron chi connectivity index (χ2n) is 10.2. The van der Waals surface area contributed by atoms with Gasteiger partial charge in [0, 0.05) is 23.2 Å². The van der Waals surface area contributed by atoms with E-state index in [4.69, 9.17) is 31.0 Å². The van der Waals surface area contributed by atoms with Crippen LogP contribution in [0.25, 0.3) is 11.1 Å². The molecule has 246 valence electrons. The molecule has 1 unspecified atom stereocenters. The number of halogens is 3. The molecule has 3 aromatic carbocycles. The Bertz CT molecular complexity index is 1970. The molecule has 47 heavy (non-hydrogen) atoms. The van der Waals surface area contributed by atoms with Gasteiger partial charge < -0.3 is 20.1 Å². The number of sulfonamides is 1. The fourth-order valence-corrected chi connectivity index (χ4v) is 5.22. The number of hydrogen-bond acceptors (Lipinski definition) is 10. The molecule has 0 fully saturated rings. The number of aromatic nitrogens is 4. The van der Waals surface area contributed by atoms with Gasteiger partial charge in [0.15, 0.2) is 0 Å². The van der Waals surface area contributed by atoms with Crippen LogP contribution in [-0.2, 0) is 31.0 Å². The number of alkyl halides is 3. The van der Waals surface area contributed by atoms with Gasteiger partial charge in [-0.25, -0.2) is 18.2 Å². The Morgan fingerprint density at radius 1 is 1.11 bits per heavy atom. The molecule has 2 heterocycles. The molecule has 1 aliphatic rings. The van der Waals surface area contributed by atoms with Crippen molar-refractivity contribution in [2.45, 2.75) is 36.6 Å². The van der Waals surface area contributed by atoms with Crippen LogP contribution in [0.1, 0.15) is 23.1 Å². The Labute approximate surface area is 264 Å².